The first-order chi connectivity index (χ1) is 19.3. The second-order valence-electron chi connectivity index (χ2n) is 9.53. The minimum absolute atomic E-state index is 0.186. The third kappa shape index (κ3) is 4.83. The summed E-state index contributed by atoms with van der Waals surface area (Å²) in [6, 6.07) is 20.1. The minimum Gasteiger partial charge on any atom is -0.611 e. The van der Waals surface area contributed by atoms with Crippen molar-refractivity contribution in [2.45, 2.75) is 36.5 Å². The molecule has 204 valence electrons. The molecule has 0 amide bonds. The summed E-state index contributed by atoms with van der Waals surface area (Å²) in [4.78, 5) is 0.472. The Kier molecular flexibility index (Phi) is 7.63. The summed E-state index contributed by atoms with van der Waals surface area (Å²) >= 11 is 23.7. The number of aromatic nitrogens is 4. The molecule has 0 saturated heterocycles. The van der Waals surface area contributed by atoms with E-state index in [9.17, 15) is 4.55 Å². The van der Waals surface area contributed by atoms with Gasteiger partial charge in [0.1, 0.15) is 11.4 Å². The van der Waals surface area contributed by atoms with Crippen LogP contribution in [0.4, 0.5) is 0 Å². The standard InChI is InChI=1S/C29H22Cl4N4O2S/c1-2-40(38)26-24(27-34-35-28(39-27)29(14-3-15-29)18-6-10-20(31)11-7-18)36-37(23-13-12-21(32)16-22(23)33)25(26)17-4-8-19(30)9-5-17/h4-13,16H,2-3,14-15H2,1H3. The highest BCUT2D eigenvalue weighted by Crippen LogP contribution is 2.49. The quantitative estimate of drug-likeness (QED) is 0.168. The van der Waals surface area contributed by atoms with Gasteiger partial charge in [-0.2, -0.15) is 5.10 Å². The highest BCUT2D eigenvalue weighted by Gasteiger charge is 2.46. The van der Waals surface area contributed by atoms with Gasteiger partial charge in [0.25, 0.3) is 5.89 Å². The Morgan fingerprint density at radius 3 is 2.15 bits per heavy atom. The summed E-state index contributed by atoms with van der Waals surface area (Å²) in [6.07, 6.45) is 2.78. The predicted octanol–water partition coefficient (Wildman–Crippen LogP) is 8.80. The molecule has 2 heterocycles. The molecule has 1 aliphatic carbocycles. The third-order valence-electron chi connectivity index (χ3n) is 7.23. The van der Waals surface area contributed by atoms with Crippen molar-refractivity contribution in [3.05, 3.63) is 98.3 Å². The fourth-order valence-corrected chi connectivity index (χ4v) is 6.82. The Bertz CT molecular complexity index is 1680. The normalized spacial score (nSPS) is 15.2. The van der Waals surface area contributed by atoms with Crippen molar-refractivity contribution in [2.24, 2.45) is 0 Å². The summed E-state index contributed by atoms with van der Waals surface area (Å²) in [5, 5.41) is 15.9. The number of halogens is 4. The summed E-state index contributed by atoms with van der Waals surface area (Å²) in [5.41, 5.74) is 2.90. The van der Waals surface area contributed by atoms with Crippen molar-refractivity contribution in [2.75, 3.05) is 5.75 Å². The maximum atomic E-state index is 13.7. The van der Waals surface area contributed by atoms with Crippen LogP contribution in [0, 0.1) is 0 Å². The van der Waals surface area contributed by atoms with Crippen molar-refractivity contribution in [3.63, 3.8) is 0 Å². The first-order valence-electron chi connectivity index (χ1n) is 12.6. The van der Waals surface area contributed by atoms with Crippen LogP contribution in [0.15, 0.2) is 76.0 Å². The molecule has 1 unspecified atom stereocenters. The molecule has 11 heteroatoms. The van der Waals surface area contributed by atoms with Crippen molar-refractivity contribution >= 4 is 57.6 Å². The molecular formula is C29H22Cl4N4O2S. The highest BCUT2D eigenvalue weighted by atomic mass is 35.5. The number of hydrogen-bond acceptors (Lipinski definition) is 5. The summed E-state index contributed by atoms with van der Waals surface area (Å²) in [7, 11) is 0. The van der Waals surface area contributed by atoms with E-state index in [0.717, 1.165) is 30.4 Å². The molecule has 0 radical (unpaired) electrons. The second-order valence-corrected chi connectivity index (χ2v) is 12.9. The topological polar surface area (TPSA) is 79.8 Å². The highest BCUT2D eigenvalue weighted by molar-refractivity contribution is 7.91. The van der Waals surface area contributed by atoms with E-state index in [1.54, 1.807) is 35.0 Å². The Morgan fingerprint density at radius 1 is 0.900 bits per heavy atom. The minimum atomic E-state index is -1.45. The monoisotopic (exact) mass is 630 g/mol. The van der Waals surface area contributed by atoms with Crippen LogP contribution in [-0.4, -0.2) is 30.3 Å². The fourth-order valence-electron chi connectivity index (χ4n) is 5.03. The van der Waals surface area contributed by atoms with Gasteiger partial charge in [-0.3, -0.25) is 0 Å². The molecule has 0 aliphatic heterocycles. The molecule has 3 aromatic carbocycles. The lowest BCUT2D eigenvalue weighted by Gasteiger charge is -2.39. The molecule has 2 aromatic heterocycles. The van der Waals surface area contributed by atoms with Gasteiger partial charge in [-0.15, -0.1) is 10.2 Å². The molecule has 0 spiro atoms. The first kappa shape index (κ1) is 27.6. The van der Waals surface area contributed by atoms with Gasteiger partial charge < -0.3 is 8.97 Å². The largest absolute Gasteiger partial charge is 0.611 e. The molecule has 1 atom stereocenters. The lowest BCUT2D eigenvalue weighted by atomic mass is 9.64. The third-order valence-corrected chi connectivity index (χ3v) is 9.64. The molecule has 1 fully saturated rings. The number of rotatable bonds is 7. The molecule has 1 saturated carbocycles. The van der Waals surface area contributed by atoms with Crippen LogP contribution < -0.4 is 0 Å². The van der Waals surface area contributed by atoms with Crippen LogP contribution in [0.3, 0.4) is 0 Å². The van der Waals surface area contributed by atoms with Crippen LogP contribution in [-0.2, 0) is 16.6 Å². The van der Waals surface area contributed by atoms with Gasteiger partial charge in [-0.1, -0.05) is 77.1 Å². The predicted molar refractivity (Wildman–Crippen MR) is 160 cm³/mol. The second kappa shape index (κ2) is 11.0. The maximum absolute atomic E-state index is 13.7. The Morgan fingerprint density at radius 2 is 1.55 bits per heavy atom. The average Bonchev–Trinajstić information content (AvgIpc) is 3.55. The zero-order valence-electron chi connectivity index (χ0n) is 21.2. The van der Waals surface area contributed by atoms with E-state index in [1.807, 2.05) is 43.3 Å². The zero-order chi connectivity index (χ0) is 28.0. The van der Waals surface area contributed by atoms with Crippen molar-refractivity contribution < 1.29 is 8.97 Å². The van der Waals surface area contributed by atoms with Crippen molar-refractivity contribution in [1.82, 2.24) is 20.0 Å². The Labute approximate surface area is 254 Å². The van der Waals surface area contributed by atoms with Crippen LogP contribution >= 0.6 is 46.4 Å². The molecule has 6 nitrogen and oxygen atoms in total. The van der Waals surface area contributed by atoms with E-state index < -0.39 is 16.6 Å². The summed E-state index contributed by atoms with van der Waals surface area (Å²) < 4.78 is 21.7. The van der Waals surface area contributed by atoms with Gasteiger partial charge in [-0.25, -0.2) is 4.68 Å². The smallest absolute Gasteiger partial charge is 0.273 e. The molecule has 40 heavy (non-hydrogen) atoms. The van der Waals surface area contributed by atoms with Gasteiger partial charge in [0.2, 0.25) is 16.5 Å². The SMILES string of the molecule is CC[S+]([O-])c1c(-c2nnc(C3(c4ccc(Cl)cc4)CCC3)o2)nn(-c2ccc(Cl)cc2Cl)c1-c1ccc(Cl)cc1. The first-order valence-corrected chi connectivity index (χ1v) is 15.5. The molecular weight excluding hydrogens is 610 g/mol. The van der Waals surface area contributed by atoms with E-state index in [2.05, 4.69) is 10.2 Å². The zero-order valence-corrected chi connectivity index (χ0v) is 25.0. The van der Waals surface area contributed by atoms with E-state index >= 15 is 0 Å². The lowest BCUT2D eigenvalue weighted by molar-refractivity contribution is 0.241. The molecule has 5 aromatic rings. The number of benzene rings is 3. The number of nitrogens with zero attached hydrogens (tertiary/aromatic N) is 4. The van der Waals surface area contributed by atoms with Crippen molar-refractivity contribution in [3.8, 4) is 28.5 Å². The summed E-state index contributed by atoms with van der Waals surface area (Å²) in [6.45, 7) is 1.85. The van der Waals surface area contributed by atoms with Crippen LogP contribution in [0.5, 0.6) is 0 Å². The number of hydrogen-bond donors (Lipinski definition) is 0. The van der Waals surface area contributed by atoms with Crippen molar-refractivity contribution in [1.29, 1.82) is 0 Å². The average molecular weight is 632 g/mol. The van der Waals surface area contributed by atoms with Gasteiger partial charge >= 0.3 is 0 Å². The molecule has 1 aliphatic rings. The fraction of sp³-hybridized carbons (Fsp3) is 0.207. The Balaban J connectivity index is 1.56. The van der Waals surface area contributed by atoms with Gasteiger partial charge in [0.15, 0.2) is 0 Å². The van der Waals surface area contributed by atoms with E-state index in [4.69, 9.17) is 55.9 Å². The van der Waals surface area contributed by atoms with Crippen LogP contribution in [0.2, 0.25) is 20.1 Å². The van der Waals surface area contributed by atoms with E-state index in [0.29, 0.717) is 53.7 Å². The maximum Gasteiger partial charge on any atom is 0.273 e. The van der Waals surface area contributed by atoms with Crippen LogP contribution in [0.1, 0.15) is 37.6 Å². The Hall–Kier alpha value is -2.52. The van der Waals surface area contributed by atoms with Gasteiger partial charge in [-0.05, 0) is 79.0 Å². The molecule has 0 bridgehead atoms. The van der Waals surface area contributed by atoms with E-state index in [1.165, 1.54) is 0 Å². The lowest BCUT2D eigenvalue weighted by Crippen LogP contribution is -2.35. The molecule has 0 N–H and O–H groups in total. The summed E-state index contributed by atoms with van der Waals surface area (Å²) in [5.74, 6) is 1.03. The molecule has 6 rings (SSSR count). The van der Waals surface area contributed by atoms with Crippen LogP contribution in [0.25, 0.3) is 28.5 Å². The van der Waals surface area contributed by atoms with E-state index in [-0.39, 0.29) is 5.89 Å². The van der Waals surface area contributed by atoms with Gasteiger partial charge in [0, 0.05) is 20.6 Å². The van der Waals surface area contributed by atoms with Gasteiger partial charge in [0.05, 0.1) is 16.1 Å².